The Balaban J connectivity index is 1.06. The van der Waals surface area contributed by atoms with E-state index in [1.807, 2.05) is 36.4 Å². The predicted octanol–water partition coefficient (Wildman–Crippen LogP) is 13.9. The SMILES string of the molecule is c1ccc(-c2cccc(-c3ccc(-c4ccccc4-c4ccc5sc6cccc(-c7nc(-c8ccccc8)nc(-c8ccccc8)n7)c6c5c4)cc3)c2)cc1. The first-order chi connectivity index (χ1) is 27.2. The van der Waals surface area contributed by atoms with Crippen LogP contribution in [0.15, 0.2) is 200 Å². The van der Waals surface area contributed by atoms with Gasteiger partial charge in [0.25, 0.3) is 0 Å². The van der Waals surface area contributed by atoms with Crippen LogP contribution in [0.3, 0.4) is 0 Å². The summed E-state index contributed by atoms with van der Waals surface area (Å²) in [5.74, 6) is 1.98. The number of thiophene rings is 1. The summed E-state index contributed by atoms with van der Waals surface area (Å²) in [6.45, 7) is 0. The van der Waals surface area contributed by atoms with Crippen molar-refractivity contribution in [3.05, 3.63) is 200 Å². The van der Waals surface area contributed by atoms with E-state index in [1.165, 1.54) is 59.3 Å². The summed E-state index contributed by atoms with van der Waals surface area (Å²) in [7, 11) is 0. The van der Waals surface area contributed by atoms with Crippen LogP contribution in [0.5, 0.6) is 0 Å². The van der Waals surface area contributed by atoms with Crippen LogP contribution in [0.4, 0.5) is 0 Å². The Kier molecular flexibility index (Phi) is 8.36. The number of nitrogens with zero attached hydrogens (tertiary/aromatic N) is 3. The second-order valence-corrected chi connectivity index (χ2v) is 14.7. The van der Waals surface area contributed by atoms with E-state index >= 15 is 0 Å². The van der Waals surface area contributed by atoms with E-state index in [9.17, 15) is 0 Å². The molecule has 0 N–H and O–H groups in total. The average molecular weight is 720 g/mol. The zero-order valence-corrected chi connectivity index (χ0v) is 30.6. The third-order valence-corrected chi connectivity index (χ3v) is 11.3. The zero-order valence-electron chi connectivity index (χ0n) is 29.8. The Morgan fingerprint density at radius 2 is 0.727 bits per heavy atom. The maximum absolute atomic E-state index is 5.10. The summed E-state index contributed by atoms with van der Waals surface area (Å²) in [4.78, 5) is 15.1. The Hall–Kier alpha value is -7.01. The standard InChI is InChI=1S/C51H33N3S/c1-4-14-34(15-5-1)39-20-12-21-40(32-39)35-26-28-36(29-27-35)42-22-10-11-23-43(42)41-30-31-46-45(33-41)48-44(24-13-25-47(48)55-46)51-53-49(37-16-6-2-7-17-37)52-50(54-51)38-18-8-3-9-19-38/h1-33H. The fraction of sp³-hybridized carbons (Fsp3) is 0. The topological polar surface area (TPSA) is 38.7 Å². The van der Waals surface area contributed by atoms with Crippen molar-refractivity contribution in [3.8, 4) is 78.7 Å². The molecule has 2 heterocycles. The van der Waals surface area contributed by atoms with E-state index in [1.54, 1.807) is 11.3 Å². The van der Waals surface area contributed by atoms with E-state index < -0.39 is 0 Å². The van der Waals surface area contributed by atoms with E-state index in [4.69, 9.17) is 15.0 Å². The summed E-state index contributed by atoms with van der Waals surface area (Å²) in [6.07, 6.45) is 0. The molecule has 0 aliphatic rings. The number of hydrogen-bond donors (Lipinski definition) is 0. The molecule has 8 aromatic carbocycles. The quantitative estimate of drug-likeness (QED) is 0.165. The molecule has 0 aliphatic heterocycles. The summed E-state index contributed by atoms with van der Waals surface area (Å²) in [5, 5.41) is 2.35. The molecular weight excluding hydrogens is 687 g/mol. The third-order valence-electron chi connectivity index (χ3n) is 10.2. The lowest BCUT2D eigenvalue weighted by molar-refractivity contribution is 1.08. The number of fused-ring (bicyclic) bond motifs is 3. The van der Waals surface area contributed by atoms with E-state index in [0.29, 0.717) is 17.5 Å². The van der Waals surface area contributed by atoms with Gasteiger partial charge in [-0.25, -0.2) is 15.0 Å². The van der Waals surface area contributed by atoms with Gasteiger partial charge >= 0.3 is 0 Å². The molecule has 3 nitrogen and oxygen atoms in total. The zero-order chi connectivity index (χ0) is 36.6. The highest BCUT2D eigenvalue weighted by Crippen LogP contribution is 2.43. The molecule has 0 amide bonds. The fourth-order valence-corrected chi connectivity index (χ4v) is 8.56. The van der Waals surface area contributed by atoms with Gasteiger partial charge in [0.15, 0.2) is 17.5 Å². The largest absolute Gasteiger partial charge is 0.208 e. The van der Waals surface area contributed by atoms with Crippen molar-refractivity contribution in [2.45, 2.75) is 0 Å². The van der Waals surface area contributed by atoms with Crippen molar-refractivity contribution in [2.24, 2.45) is 0 Å². The monoisotopic (exact) mass is 719 g/mol. The van der Waals surface area contributed by atoms with Gasteiger partial charge in [0.05, 0.1) is 0 Å². The Morgan fingerprint density at radius 1 is 0.273 bits per heavy atom. The number of benzene rings is 8. The molecule has 10 rings (SSSR count). The molecular formula is C51H33N3S. The molecule has 0 aliphatic carbocycles. The Labute approximate surface area is 323 Å². The fourth-order valence-electron chi connectivity index (χ4n) is 7.45. The summed E-state index contributed by atoms with van der Waals surface area (Å²) in [6, 6.07) is 70.6. The van der Waals surface area contributed by atoms with Crippen LogP contribution in [-0.2, 0) is 0 Å². The van der Waals surface area contributed by atoms with Gasteiger partial charge < -0.3 is 0 Å². The molecule has 0 unspecified atom stereocenters. The minimum Gasteiger partial charge on any atom is -0.208 e. The van der Waals surface area contributed by atoms with Crippen molar-refractivity contribution in [3.63, 3.8) is 0 Å². The highest BCUT2D eigenvalue weighted by atomic mass is 32.1. The lowest BCUT2D eigenvalue weighted by atomic mass is 9.92. The Bertz CT molecular complexity index is 2900. The normalized spacial score (nSPS) is 11.3. The van der Waals surface area contributed by atoms with Crippen LogP contribution >= 0.6 is 11.3 Å². The van der Waals surface area contributed by atoms with Crippen molar-refractivity contribution in [1.29, 1.82) is 0 Å². The molecule has 0 radical (unpaired) electrons. The molecule has 0 saturated heterocycles. The minimum atomic E-state index is 0.658. The van der Waals surface area contributed by atoms with Crippen LogP contribution in [0.2, 0.25) is 0 Å². The molecule has 258 valence electrons. The summed E-state index contributed by atoms with van der Waals surface area (Å²) < 4.78 is 2.43. The van der Waals surface area contributed by atoms with Gasteiger partial charge in [-0.15, -0.1) is 11.3 Å². The highest BCUT2D eigenvalue weighted by Gasteiger charge is 2.18. The van der Waals surface area contributed by atoms with Crippen LogP contribution in [0, 0.1) is 0 Å². The molecule has 2 aromatic heterocycles. The second kappa shape index (κ2) is 14.1. The second-order valence-electron chi connectivity index (χ2n) is 13.6. The van der Waals surface area contributed by atoms with Gasteiger partial charge in [-0.1, -0.05) is 176 Å². The molecule has 4 heteroatoms. The summed E-state index contributed by atoms with van der Waals surface area (Å²) in [5.41, 5.74) is 12.5. The molecule has 0 saturated carbocycles. The van der Waals surface area contributed by atoms with E-state index in [-0.39, 0.29) is 0 Å². The van der Waals surface area contributed by atoms with Crippen molar-refractivity contribution >= 4 is 31.5 Å². The van der Waals surface area contributed by atoms with Crippen LogP contribution in [0.1, 0.15) is 0 Å². The number of hydrogen-bond acceptors (Lipinski definition) is 4. The van der Waals surface area contributed by atoms with Crippen LogP contribution in [-0.4, -0.2) is 15.0 Å². The van der Waals surface area contributed by atoms with Crippen molar-refractivity contribution < 1.29 is 0 Å². The van der Waals surface area contributed by atoms with Crippen LogP contribution in [0.25, 0.3) is 98.8 Å². The summed E-state index contributed by atoms with van der Waals surface area (Å²) >= 11 is 1.80. The first-order valence-electron chi connectivity index (χ1n) is 18.4. The lowest BCUT2D eigenvalue weighted by Crippen LogP contribution is -2.00. The number of aromatic nitrogens is 3. The van der Waals surface area contributed by atoms with Gasteiger partial charge in [-0.3, -0.25) is 0 Å². The van der Waals surface area contributed by atoms with Gasteiger partial charge in [-0.05, 0) is 68.8 Å². The average Bonchev–Trinajstić information content (AvgIpc) is 3.66. The minimum absolute atomic E-state index is 0.658. The van der Waals surface area contributed by atoms with E-state index in [0.717, 1.165) is 22.1 Å². The third kappa shape index (κ3) is 6.29. The molecule has 10 aromatic rings. The van der Waals surface area contributed by atoms with Crippen LogP contribution < -0.4 is 0 Å². The smallest absolute Gasteiger partial charge is 0.164 e. The van der Waals surface area contributed by atoms with Gasteiger partial charge in [-0.2, -0.15) is 0 Å². The first kappa shape index (κ1) is 32.6. The highest BCUT2D eigenvalue weighted by molar-refractivity contribution is 7.26. The molecule has 55 heavy (non-hydrogen) atoms. The lowest BCUT2D eigenvalue weighted by Gasteiger charge is -2.12. The molecule has 0 spiro atoms. The van der Waals surface area contributed by atoms with E-state index in [2.05, 4.69) is 164 Å². The molecule has 0 fully saturated rings. The number of rotatable bonds is 7. The van der Waals surface area contributed by atoms with Gasteiger partial charge in [0, 0.05) is 36.9 Å². The Morgan fingerprint density at radius 3 is 1.36 bits per heavy atom. The van der Waals surface area contributed by atoms with Gasteiger partial charge in [0.1, 0.15) is 0 Å². The van der Waals surface area contributed by atoms with Gasteiger partial charge in [0.2, 0.25) is 0 Å². The molecule has 0 atom stereocenters. The molecule has 0 bridgehead atoms. The predicted molar refractivity (Wildman–Crippen MR) is 231 cm³/mol. The van der Waals surface area contributed by atoms with Crippen molar-refractivity contribution in [1.82, 2.24) is 15.0 Å². The maximum Gasteiger partial charge on any atom is 0.164 e. The maximum atomic E-state index is 5.10. The first-order valence-corrected chi connectivity index (χ1v) is 19.3. The van der Waals surface area contributed by atoms with Crippen molar-refractivity contribution in [2.75, 3.05) is 0 Å².